The average Bonchev–Trinajstić information content (AvgIpc) is 3.13. The van der Waals surface area contributed by atoms with E-state index in [1.807, 2.05) is 0 Å². The second kappa shape index (κ2) is 9.10. The van der Waals surface area contributed by atoms with E-state index in [1.165, 1.54) is 30.7 Å². The lowest BCUT2D eigenvalue weighted by molar-refractivity contribution is 0.163. The van der Waals surface area contributed by atoms with Gasteiger partial charge in [0.25, 0.3) is 0 Å². The molecule has 1 aromatic carbocycles. The Morgan fingerprint density at radius 3 is 2.41 bits per heavy atom. The molecule has 0 spiro atoms. The number of benzene rings is 1. The molecule has 0 aliphatic carbocycles. The second-order valence-corrected chi connectivity index (χ2v) is 9.34. The molecule has 2 heterocycles. The molecule has 160 valence electrons. The van der Waals surface area contributed by atoms with Crippen LogP contribution in [-0.4, -0.2) is 68.2 Å². The van der Waals surface area contributed by atoms with Crippen molar-refractivity contribution >= 4 is 10.0 Å². The number of piperazine rings is 1. The number of methoxy groups -OCH3 is 2. The molecular weight excluding hydrogens is 396 g/mol. The van der Waals surface area contributed by atoms with Crippen LogP contribution in [0.1, 0.15) is 25.6 Å². The number of ether oxygens (including phenoxy) is 2. The normalized spacial score (nSPS) is 16.3. The fraction of sp³-hybridized carbons (Fsp3) is 0.579. The zero-order valence-corrected chi connectivity index (χ0v) is 18.1. The van der Waals surface area contributed by atoms with E-state index in [1.54, 1.807) is 6.07 Å². The van der Waals surface area contributed by atoms with Crippen LogP contribution in [0.15, 0.2) is 27.6 Å². The predicted octanol–water partition coefficient (Wildman–Crippen LogP) is 1.79. The smallest absolute Gasteiger partial charge is 0.243 e. The van der Waals surface area contributed by atoms with E-state index < -0.39 is 10.0 Å². The minimum absolute atomic E-state index is 0.193. The van der Waals surface area contributed by atoms with Gasteiger partial charge in [0.15, 0.2) is 17.3 Å². The van der Waals surface area contributed by atoms with Crippen molar-refractivity contribution in [3.63, 3.8) is 0 Å². The molecule has 0 amide bonds. The molecule has 0 bridgehead atoms. The van der Waals surface area contributed by atoms with E-state index in [9.17, 15) is 8.42 Å². The van der Waals surface area contributed by atoms with Crippen molar-refractivity contribution in [1.29, 1.82) is 0 Å². The van der Waals surface area contributed by atoms with Crippen LogP contribution < -0.4 is 9.47 Å². The van der Waals surface area contributed by atoms with E-state index in [4.69, 9.17) is 14.0 Å². The van der Waals surface area contributed by atoms with Gasteiger partial charge in [-0.2, -0.15) is 9.29 Å². The molecule has 1 aliphatic heterocycles. The first-order chi connectivity index (χ1) is 13.8. The lowest BCUT2D eigenvalue weighted by Gasteiger charge is -2.33. The zero-order valence-electron chi connectivity index (χ0n) is 17.3. The van der Waals surface area contributed by atoms with Crippen molar-refractivity contribution in [3.05, 3.63) is 29.9 Å². The molecule has 1 saturated heterocycles. The molecule has 29 heavy (non-hydrogen) atoms. The third kappa shape index (κ3) is 5.06. The van der Waals surface area contributed by atoms with Gasteiger partial charge in [-0.1, -0.05) is 19.0 Å². The van der Waals surface area contributed by atoms with Crippen LogP contribution >= 0.6 is 0 Å². The third-order valence-electron chi connectivity index (χ3n) is 4.78. The summed E-state index contributed by atoms with van der Waals surface area (Å²) < 4.78 is 43.2. The highest BCUT2D eigenvalue weighted by atomic mass is 32.2. The maximum absolute atomic E-state index is 13.0. The fourth-order valence-electron chi connectivity index (χ4n) is 3.25. The van der Waals surface area contributed by atoms with Crippen LogP contribution in [-0.2, 0) is 23.0 Å². The number of nitrogens with zero attached hydrogens (tertiary/aromatic N) is 4. The molecule has 2 aromatic rings. The van der Waals surface area contributed by atoms with Gasteiger partial charge in [0, 0.05) is 38.7 Å². The largest absolute Gasteiger partial charge is 0.493 e. The van der Waals surface area contributed by atoms with Crippen molar-refractivity contribution in [2.24, 2.45) is 5.92 Å². The lowest BCUT2D eigenvalue weighted by Crippen LogP contribution is -2.48. The van der Waals surface area contributed by atoms with Crippen LogP contribution in [0, 0.1) is 5.92 Å². The molecule has 3 rings (SSSR count). The van der Waals surface area contributed by atoms with Crippen LogP contribution in [0.2, 0.25) is 0 Å². The molecular formula is C19H28N4O5S. The average molecular weight is 425 g/mol. The van der Waals surface area contributed by atoms with E-state index in [0.29, 0.717) is 61.9 Å². The van der Waals surface area contributed by atoms with Gasteiger partial charge in [0.1, 0.15) is 0 Å². The van der Waals surface area contributed by atoms with Crippen molar-refractivity contribution in [3.8, 4) is 11.5 Å². The van der Waals surface area contributed by atoms with Crippen molar-refractivity contribution in [2.45, 2.75) is 31.7 Å². The van der Waals surface area contributed by atoms with Crippen molar-refractivity contribution in [1.82, 2.24) is 19.3 Å². The number of hydrogen-bond donors (Lipinski definition) is 0. The Kier molecular flexibility index (Phi) is 6.76. The first-order valence-electron chi connectivity index (χ1n) is 9.59. The Hall–Kier alpha value is -2.17. The van der Waals surface area contributed by atoms with Gasteiger partial charge < -0.3 is 14.0 Å². The second-order valence-electron chi connectivity index (χ2n) is 7.40. The minimum atomic E-state index is -3.61. The maximum Gasteiger partial charge on any atom is 0.243 e. The highest BCUT2D eigenvalue weighted by Gasteiger charge is 2.30. The summed E-state index contributed by atoms with van der Waals surface area (Å²) in [6.07, 6.45) is 0.779. The van der Waals surface area contributed by atoms with E-state index in [0.717, 1.165) is 6.42 Å². The number of aromatic nitrogens is 2. The summed E-state index contributed by atoms with van der Waals surface area (Å²) in [5.41, 5.74) is 0. The molecule has 10 heteroatoms. The number of rotatable bonds is 8. The molecule has 9 nitrogen and oxygen atoms in total. The highest BCUT2D eigenvalue weighted by molar-refractivity contribution is 7.89. The summed E-state index contributed by atoms with van der Waals surface area (Å²) in [5, 5.41) is 4.00. The molecule has 0 saturated carbocycles. The minimum Gasteiger partial charge on any atom is -0.493 e. The zero-order chi connectivity index (χ0) is 21.0. The summed E-state index contributed by atoms with van der Waals surface area (Å²) in [4.78, 5) is 6.73. The Morgan fingerprint density at radius 2 is 1.79 bits per heavy atom. The molecule has 0 N–H and O–H groups in total. The molecule has 0 radical (unpaired) electrons. The van der Waals surface area contributed by atoms with Crippen LogP contribution in [0.3, 0.4) is 0 Å². The summed E-state index contributed by atoms with van der Waals surface area (Å²) >= 11 is 0. The lowest BCUT2D eigenvalue weighted by atomic mass is 10.1. The van der Waals surface area contributed by atoms with E-state index in [-0.39, 0.29) is 4.90 Å². The maximum atomic E-state index is 13.0. The standard InChI is InChI=1S/C19H28N4O5S/c1-14(2)11-18-20-19(28-21-18)13-22-7-9-23(10-8-22)29(24,25)15-5-6-16(26-3)17(12-15)27-4/h5-6,12,14H,7-11,13H2,1-4H3. The van der Waals surface area contributed by atoms with E-state index >= 15 is 0 Å². The summed E-state index contributed by atoms with van der Waals surface area (Å²) in [7, 11) is -0.608. The van der Waals surface area contributed by atoms with Crippen LogP contribution in [0.5, 0.6) is 11.5 Å². The summed E-state index contributed by atoms with van der Waals surface area (Å²) in [6, 6.07) is 4.64. The molecule has 1 fully saturated rings. The van der Waals surface area contributed by atoms with Gasteiger partial charge >= 0.3 is 0 Å². The first-order valence-corrected chi connectivity index (χ1v) is 11.0. The van der Waals surface area contributed by atoms with Crippen molar-refractivity contribution in [2.75, 3.05) is 40.4 Å². The van der Waals surface area contributed by atoms with Crippen molar-refractivity contribution < 1.29 is 22.4 Å². The highest BCUT2D eigenvalue weighted by Crippen LogP contribution is 2.31. The Labute approximate surface area is 171 Å². The Bertz CT molecular complexity index is 920. The van der Waals surface area contributed by atoms with Gasteiger partial charge in [0.05, 0.1) is 25.7 Å². The van der Waals surface area contributed by atoms with Crippen LogP contribution in [0.25, 0.3) is 0 Å². The van der Waals surface area contributed by atoms with Gasteiger partial charge in [-0.15, -0.1) is 0 Å². The third-order valence-corrected chi connectivity index (χ3v) is 6.68. The monoisotopic (exact) mass is 424 g/mol. The molecule has 1 aliphatic rings. The van der Waals surface area contributed by atoms with E-state index in [2.05, 4.69) is 28.9 Å². The first kappa shape index (κ1) is 21.5. The Morgan fingerprint density at radius 1 is 1.10 bits per heavy atom. The van der Waals surface area contributed by atoms with Crippen LogP contribution in [0.4, 0.5) is 0 Å². The summed E-state index contributed by atoms with van der Waals surface area (Å²) in [6.45, 7) is 6.70. The topological polar surface area (TPSA) is 98.0 Å². The fourth-order valence-corrected chi connectivity index (χ4v) is 4.69. The van der Waals surface area contributed by atoms with Gasteiger partial charge in [0.2, 0.25) is 15.9 Å². The predicted molar refractivity (Wildman–Crippen MR) is 106 cm³/mol. The quantitative estimate of drug-likeness (QED) is 0.633. The van der Waals surface area contributed by atoms with Gasteiger partial charge in [-0.3, -0.25) is 4.90 Å². The molecule has 0 atom stereocenters. The SMILES string of the molecule is COc1ccc(S(=O)(=O)N2CCN(Cc3nc(CC(C)C)no3)CC2)cc1OC. The number of sulfonamides is 1. The number of hydrogen-bond acceptors (Lipinski definition) is 8. The Balaban J connectivity index is 1.61. The van der Waals surface area contributed by atoms with Gasteiger partial charge in [-0.05, 0) is 18.1 Å². The summed E-state index contributed by atoms with van der Waals surface area (Å²) in [5.74, 6) is 2.63. The molecule has 1 aromatic heterocycles. The van der Waals surface area contributed by atoms with Gasteiger partial charge in [-0.25, -0.2) is 8.42 Å². The molecule has 0 unspecified atom stereocenters.